The maximum atomic E-state index is 11.5. The van der Waals surface area contributed by atoms with Crippen LogP contribution in [-0.2, 0) is 9.47 Å². The van der Waals surface area contributed by atoms with E-state index in [0.717, 1.165) is 51.4 Å². The second kappa shape index (κ2) is 6.71. The zero-order valence-corrected chi connectivity index (χ0v) is 20.3. The van der Waals surface area contributed by atoms with Gasteiger partial charge in [0.05, 0.1) is 23.4 Å². The molecule has 2 aliphatic heterocycles. The number of ether oxygens (including phenoxy) is 2. The Morgan fingerprint density at radius 2 is 1.88 bits per heavy atom. The van der Waals surface area contributed by atoms with Crippen LogP contribution in [0.15, 0.2) is 24.3 Å². The highest BCUT2D eigenvalue weighted by Crippen LogP contribution is 2.78. The predicted octanol–water partition coefficient (Wildman–Crippen LogP) is 4.99. The van der Waals surface area contributed by atoms with Gasteiger partial charge in [-0.3, -0.25) is 0 Å². The van der Waals surface area contributed by atoms with E-state index >= 15 is 0 Å². The van der Waals surface area contributed by atoms with Crippen molar-refractivity contribution in [3.63, 3.8) is 0 Å². The fourth-order valence-electron chi connectivity index (χ4n) is 9.59. The van der Waals surface area contributed by atoms with Crippen LogP contribution in [0.3, 0.4) is 0 Å². The molecule has 2 N–H and O–H groups in total. The van der Waals surface area contributed by atoms with Crippen molar-refractivity contribution in [3.05, 3.63) is 24.3 Å². The third kappa shape index (κ3) is 2.48. The standard InChI is InChI=1S/C28H42O4/c1-16(2)17(3)6-11-26(5)22-15-20(30)23-27(22)12-9-21-25(4)10-8-19(29)14-18(25)7-13-28(21,23)32-24(27)31-26/h7,13,16,18-24,29-30H,3,6,8-12,14-15H2,1-2,4-5H3. The molecule has 2 bridgehead atoms. The van der Waals surface area contributed by atoms with Gasteiger partial charge in [0.25, 0.3) is 0 Å². The Balaban J connectivity index is 1.36. The van der Waals surface area contributed by atoms with E-state index < -0.39 is 5.60 Å². The fraction of sp³-hybridized carbons (Fsp3) is 0.857. The first-order valence-corrected chi connectivity index (χ1v) is 13.2. The topological polar surface area (TPSA) is 58.9 Å². The molecule has 0 aromatic carbocycles. The molecule has 2 saturated heterocycles. The molecule has 0 aromatic rings. The van der Waals surface area contributed by atoms with E-state index in [-0.39, 0.29) is 40.8 Å². The van der Waals surface area contributed by atoms with Gasteiger partial charge in [0.15, 0.2) is 6.29 Å². The molecule has 178 valence electrons. The number of fused-ring (bicyclic) bond motifs is 2. The van der Waals surface area contributed by atoms with Gasteiger partial charge in [0.1, 0.15) is 0 Å². The number of aliphatic hydroxyl groups is 2. The van der Waals surface area contributed by atoms with Crippen LogP contribution in [0, 0.1) is 40.4 Å². The molecule has 0 aromatic heterocycles. The van der Waals surface area contributed by atoms with Crippen LogP contribution in [0.1, 0.15) is 79.1 Å². The Labute approximate surface area is 193 Å². The van der Waals surface area contributed by atoms with Crippen LogP contribution in [0.25, 0.3) is 0 Å². The van der Waals surface area contributed by atoms with E-state index in [4.69, 9.17) is 9.47 Å². The van der Waals surface area contributed by atoms with Crippen LogP contribution >= 0.6 is 0 Å². The number of rotatable bonds is 4. The van der Waals surface area contributed by atoms with Crippen LogP contribution < -0.4 is 0 Å². The summed E-state index contributed by atoms with van der Waals surface area (Å²) < 4.78 is 13.9. The van der Waals surface area contributed by atoms with Gasteiger partial charge in [-0.05, 0) is 81.5 Å². The minimum atomic E-state index is -0.409. The molecule has 0 radical (unpaired) electrons. The summed E-state index contributed by atoms with van der Waals surface area (Å²) in [5.74, 6) is 1.75. The van der Waals surface area contributed by atoms with Crippen molar-refractivity contribution in [3.8, 4) is 0 Å². The molecular formula is C28H42O4. The van der Waals surface area contributed by atoms with E-state index in [1.54, 1.807) is 0 Å². The van der Waals surface area contributed by atoms with Gasteiger partial charge >= 0.3 is 0 Å². The number of hydrogen-bond acceptors (Lipinski definition) is 4. The summed E-state index contributed by atoms with van der Waals surface area (Å²) in [7, 11) is 0. The second-order valence-electron chi connectivity index (χ2n) is 13.0. The highest BCUT2D eigenvalue weighted by Gasteiger charge is 2.82. The average Bonchev–Trinajstić information content (AvgIpc) is 3.24. The molecule has 4 nitrogen and oxygen atoms in total. The molecule has 32 heavy (non-hydrogen) atoms. The second-order valence-corrected chi connectivity index (χ2v) is 13.0. The van der Waals surface area contributed by atoms with Gasteiger partial charge in [-0.15, -0.1) is 0 Å². The molecule has 5 fully saturated rings. The van der Waals surface area contributed by atoms with Crippen LogP contribution in [-0.4, -0.2) is 39.9 Å². The Morgan fingerprint density at radius 3 is 2.62 bits per heavy atom. The normalized spacial score (nSPS) is 57.4. The Hall–Kier alpha value is -0.680. The summed E-state index contributed by atoms with van der Waals surface area (Å²) in [6.45, 7) is 13.4. The predicted molar refractivity (Wildman–Crippen MR) is 124 cm³/mol. The van der Waals surface area contributed by atoms with Crippen molar-refractivity contribution in [2.45, 2.75) is 109 Å². The summed E-state index contributed by atoms with van der Waals surface area (Å²) in [4.78, 5) is 0. The summed E-state index contributed by atoms with van der Waals surface area (Å²) >= 11 is 0. The van der Waals surface area contributed by atoms with E-state index in [9.17, 15) is 10.2 Å². The van der Waals surface area contributed by atoms with E-state index in [1.165, 1.54) is 5.57 Å². The maximum absolute atomic E-state index is 11.5. The summed E-state index contributed by atoms with van der Waals surface area (Å²) in [5, 5.41) is 21.9. The summed E-state index contributed by atoms with van der Waals surface area (Å²) in [6, 6.07) is 0. The van der Waals surface area contributed by atoms with Crippen LogP contribution in [0.5, 0.6) is 0 Å². The molecule has 4 heteroatoms. The fourth-order valence-corrected chi connectivity index (χ4v) is 9.59. The highest BCUT2D eigenvalue weighted by atomic mass is 16.7. The lowest BCUT2D eigenvalue weighted by Crippen LogP contribution is -2.61. The first kappa shape index (κ1) is 21.8. The zero-order chi connectivity index (χ0) is 22.7. The van der Waals surface area contributed by atoms with Crippen molar-refractivity contribution >= 4 is 0 Å². The smallest absolute Gasteiger partial charge is 0.165 e. The molecule has 6 aliphatic rings. The molecule has 4 aliphatic carbocycles. The average molecular weight is 443 g/mol. The lowest BCUT2D eigenvalue weighted by atomic mass is 9.45. The van der Waals surface area contributed by atoms with Gasteiger partial charge in [-0.25, -0.2) is 0 Å². The molecule has 6 rings (SSSR count). The van der Waals surface area contributed by atoms with E-state index in [1.807, 2.05) is 0 Å². The quantitative estimate of drug-likeness (QED) is 0.602. The van der Waals surface area contributed by atoms with Crippen molar-refractivity contribution in [2.24, 2.45) is 40.4 Å². The maximum Gasteiger partial charge on any atom is 0.165 e. The first-order valence-electron chi connectivity index (χ1n) is 13.2. The molecular weight excluding hydrogens is 400 g/mol. The van der Waals surface area contributed by atoms with Crippen molar-refractivity contribution in [1.29, 1.82) is 0 Å². The van der Waals surface area contributed by atoms with Crippen molar-refractivity contribution < 1.29 is 19.7 Å². The van der Waals surface area contributed by atoms with Crippen LogP contribution in [0.2, 0.25) is 0 Å². The molecule has 2 spiro atoms. The van der Waals surface area contributed by atoms with Crippen LogP contribution in [0.4, 0.5) is 0 Å². The minimum absolute atomic E-state index is 0.0639. The number of allylic oxidation sites excluding steroid dienone is 2. The molecule has 11 unspecified atom stereocenters. The van der Waals surface area contributed by atoms with E-state index in [0.29, 0.717) is 23.7 Å². The SMILES string of the molecule is C=C(CCC1(C)OC2OC34C=CC5CC(O)CCC5(C)C3CCC23C1CC(O)C43)C(C)C. The van der Waals surface area contributed by atoms with Gasteiger partial charge in [-0.1, -0.05) is 45.1 Å². The Morgan fingerprint density at radius 1 is 1.09 bits per heavy atom. The van der Waals surface area contributed by atoms with E-state index in [2.05, 4.69) is 46.4 Å². The lowest BCUT2D eigenvalue weighted by molar-refractivity contribution is -0.219. The van der Waals surface area contributed by atoms with Gasteiger partial charge in [0.2, 0.25) is 0 Å². The van der Waals surface area contributed by atoms with Crippen molar-refractivity contribution in [2.75, 3.05) is 0 Å². The van der Waals surface area contributed by atoms with Gasteiger partial charge in [-0.2, -0.15) is 0 Å². The molecule has 3 saturated carbocycles. The van der Waals surface area contributed by atoms with Crippen molar-refractivity contribution in [1.82, 2.24) is 0 Å². The minimum Gasteiger partial charge on any atom is -0.393 e. The summed E-state index contributed by atoms with van der Waals surface area (Å²) in [5.41, 5.74) is 0.685. The van der Waals surface area contributed by atoms with Gasteiger partial charge in [0, 0.05) is 17.3 Å². The highest BCUT2D eigenvalue weighted by molar-refractivity contribution is 5.34. The summed E-state index contributed by atoms with van der Waals surface area (Å²) in [6.07, 6.45) is 11.7. The molecule has 11 atom stereocenters. The molecule has 2 heterocycles. The first-order chi connectivity index (χ1) is 15.1. The molecule has 0 amide bonds. The van der Waals surface area contributed by atoms with Gasteiger partial charge < -0.3 is 19.7 Å². The Bertz CT molecular complexity index is 850. The monoisotopic (exact) mass is 442 g/mol. The largest absolute Gasteiger partial charge is 0.393 e. The Kier molecular flexibility index (Phi) is 4.58. The zero-order valence-electron chi connectivity index (χ0n) is 20.3. The lowest BCUT2D eigenvalue weighted by Gasteiger charge is -2.59. The third-order valence-electron chi connectivity index (χ3n) is 11.4. The third-order valence-corrected chi connectivity index (χ3v) is 11.4. The number of aliphatic hydroxyl groups excluding tert-OH is 2. The number of hydrogen-bond donors (Lipinski definition) is 2.